The number of sulfonamides is 2. The summed E-state index contributed by atoms with van der Waals surface area (Å²) in [7, 11) is -8.70. The minimum Gasteiger partial charge on any atom is -0.531 e. The highest BCUT2D eigenvalue weighted by Gasteiger charge is 2.41. The van der Waals surface area contributed by atoms with Crippen LogP contribution in [0.3, 0.4) is 0 Å². The van der Waals surface area contributed by atoms with Crippen molar-refractivity contribution < 1.29 is 35.8 Å². The molecule has 0 spiro atoms. The second kappa shape index (κ2) is 13.1. The van der Waals surface area contributed by atoms with Gasteiger partial charge in [-0.2, -0.15) is 0 Å². The molecule has 0 bridgehead atoms. The lowest BCUT2D eigenvalue weighted by Crippen LogP contribution is -2.46. The van der Waals surface area contributed by atoms with E-state index in [1.165, 1.54) is 0 Å². The van der Waals surface area contributed by atoms with Gasteiger partial charge in [-0.3, -0.25) is 0 Å². The van der Waals surface area contributed by atoms with Crippen LogP contribution in [-0.2, 0) is 24.7 Å². The summed E-state index contributed by atoms with van der Waals surface area (Å²) in [4.78, 5) is 15.1. The Hall–Kier alpha value is -3.67. The zero-order chi connectivity index (χ0) is 34.6. The lowest BCUT2D eigenvalue weighted by molar-refractivity contribution is 0.270. The van der Waals surface area contributed by atoms with E-state index in [-0.39, 0.29) is 48.5 Å². The van der Waals surface area contributed by atoms with E-state index in [2.05, 4.69) is 29.4 Å². The smallest absolute Gasteiger partial charge is 0.531 e. The number of fused-ring (bicyclic) bond motifs is 6. The topological polar surface area (TPSA) is 198 Å². The van der Waals surface area contributed by atoms with Crippen molar-refractivity contribution in [1.82, 2.24) is 29.4 Å². The van der Waals surface area contributed by atoms with E-state index < -0.39 is 34.3 Å². The molecule has 2 fully saturated rings. The highest BCUT2D eigenvalue weighted by Crippen LogP contribution is 2.47. The van der Waals surface area contributed by atoms with Gasteiger partial charge >= 0.3 is 14.2 Å². The molecule has 2 saturated carbocycles. The van der Waals surface area contributed by atoms with E-state index in [0.717, 1.165) is 44.3 Å². The summed E-state index contributed by atoms with van der Waals surface area (Å²) in [5, 5.41) is 12.1. The standard InChI is InChI=1S/C32H38B2N6O8S2/c1-2-9-49(42,43)39-21-13-20(14-21)26-16-34(48-28-18-38-32-24(30(26)28)5-7-36-32)46-8-3-10-50(44,45)40-22-11-19(12-22)25-15-33(41)47-27-17-37-31-23(29(25)27)4-6-35-31/h4-7,15-22,39-41H,2-3,8-14H2,1H3,(H,35,37)(H,36,38)/t19-,20-,21-,22+. The molecule has 4 aromatic rings. The van der Waals surface area contributed by atoms with E-state index in [1.807, 2.05) is 31.2 Å². The number of pyridine rings is 2. The van der Waals surface area contributed by atoms with Gasteiger partial charge in [-0.1, -0.05) is 6.92 Å². The first-order chi connectivity index (χ1) is 24.1. The molecule has 4 aliphatic rings. The SMILES string of the molecule is CCCS(=O)(=O)N[C@H]1C[C@H](C2=CB(OCCCS(=O)(=O)N[C@H]3C[C@@H](C4=CB(O)Oc5cnc6[nH]ccc6c54)C3)Oc3cnc4[nH]ccc4c32)C1. The molecule has 0 atom stereocenters. The maximum atomic E-state index is 13.0. The Morgan fingerprint density at radius 1 is 0.840 bits per heavy atom. The second-order valence-electron chi connectivity index (χ2n) is 13.5. The van der Waals surface area contributed by atoms with Crippen LogP contribution < -0.4 is 18.8 Å². The molecule has 0 amide bonds. The summed E-state index contributed by atoms with van der Waals surface area (Å²) in [6.07, 6.45) is 10.2. The number of aromatic amines is 2. The first-order valence-corrected chi connectivity index (χ1v) is 20.4. The maximum Gasteiger partial charge on any atom is 0.555 e. The number of rotatable bonds is 13. The van der Waals surface area contributed by atoms with Gasteiger partial charge < -0.3 is 29.0 Å². The average molecular weight is 720 g/mol. The molecule has 2 aliphatic carbocycles. The molecule has 6 heterocycles. The average Bonchev–Trinajstić information content (AvgIpc) is 3.72. The van der Waals surface area contributed by atoms with Gasteiger partial charge in [0.25, 0.3) is 0 Å². The molecule has 4 aromatic heterocycles. The highest BCUT2D eigenvalue weighted by molar-refractivity contribution is 7.89. The van der Waals surface area contributed by atoms with Gasteiger partial charge in [0, 0.05) is 53.0 Å². The molecule has 2 aliphatic heterocycles. The minimum atomic E-state index is -3.57. The molecule has 0 unspecified atom stereocenters. The van der Waals surface area contributed by atoms with Crippen LogP contribution in [0, 0.1) is 11.8 Å². The summed E-state index contributed by atoms with van der Waals surface area (Å²) in [5.74, 6) is 4.89. The summed E-state index contributed by atoms with van der Waals surface area (Å²) < 4.78 is 74.1. The van der Waals surface area contributed by atoms with Gasteiger partial charge in [0.15, 0.2) is 0 Å². The van der Waals surface area contributed by atoms with Gasteiger partial charge in [-0.15, -0.1) is 0 Å². The zero-order valence-electron chi connectivity index (χ0n) is 27.5. The fraction of sp³-hybridized carbons (Fsp3) is 0.438. The third-order valence-electron chi connectivity index (χ3n) is 9.97. The van der Waals surface area contributed by atoms with Crippen LogP contribution in [0.2, 0.25) is 0 Å². The van der Waals surface area contributed by atoms with Crippen LogP contribution in [0.5, 0.6) is 11.5 Å². The molecule has 50 heavy (non-hydrogen) atoms. The molecule has 262 valence electrons. The van der Waals surface area contributed by atoms with Crippen molar-refractivity contribution in [2.75, 3.05) is 18.1 Å². The van der Waals surface area contributed by atoms with Crippen molar-refractivity contribution >= 4 is 67.5 Å². The van der Waals surface area contributed by atoms with Crippen LogP contribution in [0.1, 0.15) is 56.6 Å². The molecule has 8 rings (SSSR count). The fourth-order valence-corrected chi connectivity index (χ4v) is 10.3. The lowest BCUT2D eigenvalue weighted by atomic mass is 9.68. The zero-order valence-corrected chi connectivity index (χ0v) is 29.1. The lowest BCUT2D eigenvalue weighted by Gasteiger charge is -2.39. The van der Waals surface area contributed by atoms with Crippen LogP contribution in [0.15, 0.2) is 48.9 Å². The Bertz CT molecular complexity index is 2210. The maximum absolute atomic E-state index is 13.0. The molecular weight excluding hydrogens is 682 g/mol. The Kier molecular flexibility index (Phi) is 8.80. The van der Waals surface area contributed by atoms with Crippen LogP contribution >= 0.6 is 0 Å². The van der Waals surface area contributed by atoms with Crippen LogP contribution in [0.25, 0.3) is 33.2 Å². The van der Waals surface area contributed by atoms with Crippen molar-refractivity contribution in [3.8, 4) is 11.5 Å². The monoisotopic (exact) mass is 720 g/mol. The van der Waals surface area contributed by atoms with Crippen molar-refractivity contribution in [3.05, 3.63) is 60.0 Å². The van der Waals surface area contributed by atoms with E-state index in [9.17, 15) is 21.9 Å². The van der Waals surface area contributed by atoms with Crippen molar-refractivity contribution in [2.45, 2.75) is 57.5 Å². The molecular formula is C32H38B2N6O8S2. The first-order valence-electron chi connectivity index (χ1n) is 17.0. The van der Waals surface area contributed by atoms with Crippen LogP contribution in [0.4, 0.5) is 0 Å². The Labute approximate surface area is 290 Å². The largest absolute Gasteiger partial charge is 0.555 e. The van der Waals surface area contributed by atoms with Crippen LogP contribution in [-0.4, -0.2) is 86.2 Å². The van der Waals surface area contributed by atoms with E-state index in [1.54, 1.807) is 24.6 Å². The molecule has 0 radical (unpaired) electrons. The number of hydrogen-bond acceptors (Lipinski definition) is 10. The second-order valence-corrected chi connectivity index (χ2v) is 17.3. The Balaban J connectivity index is 0.863. The molecule has 0 saturated heterocycles. The summed E-state index contributed by atoms with van der Waals surface area (Å²) in [6.45, 7) is 2.00. The third kappa shape index (κ3) is 6.60. The number of nitrogens with one attached hydrogen (secondary N) is 4. The number of aromatic nitrogens is 4. The van der Waals surface area contributed by atoms with E-state index >= 15 is 0 Å². The predicted molar refractivity (Wildman–Crippen MR) is 191 cm³/mol. The number of allylic oxidation sites excluding steroid dienone is 2. The minimum absolute atomic E-state index is 0.0700. The number of hydrogen-bond donors (Lipinski definition) is 5. The van der Waals surface area contributed by atoms with Crippen molar-refractivity contribution in [3.63, 3.8) is 0 Å². The number of nitrogens with zero attached hydrogens (tertiary/aromatic N) is 2. The van der Waals surface area contributed by atoms with Crippen molar-refractivity contribution in [1.29, 1.82) is 0 Å². The van der Waals surface area contributed by atoms with E-state index in [4.69, 9.17) is 14.0 Å². The first kappa shape index (κ1) is 33.5. The Morgan fingerprint density at radius 2 is 1.38 bits per heavy atom. The highest BCUT2D eigenvalue weighted by atomic mass is 32.2. The van der Waals surface area contributed by atoms with Crippen molar-refractivity contribution in [2.24, 2.45) is 11.8 Å². The van der Waals surface area contributed by atoms with Gasteiger partial charge in [0.1, 0.15) is 22.8 Å². The summed E-state index contributed by atoms with van der Waals surface area (Å²) in [5.41, 5.74) is 5.23. The van der Waals surface area contributed by atoms with Gasteiger partial charge in [-0.25, -0.2) is 36.2 Å². The Morgan fingerprint density at radius 3 is 1.96 bits per heavy atom. The summed E-state index contributed by atoms with van der Waals surface area (Å²) >= 11 is 0. The molecule has 18 heteroatoms. The molecule has 5 N–H and O–H groups in total. The van der Waals surface area contributed by atoms with Gasteiger partial charge in [0.05, 0.1) is 23.9 Å². The molecule has 0 aromatic carbocycles. The predicted octanol–water partition coefficient (Wildman–Crippen LogP) is 2.95. The number of H-pyrrole nitrogens is 2. The summed E-state index contributed by atoms with van der Waals surface area (Å²) in [6, 6.07) is 3.53. The van der Waals surface area contributed by atoms with Gasteiger partial charge in [0.2, 0.25) is 20.0 Å². The van der Waals surface area contributed by atoms with E-state index in [0.29, 0.717) is 43.6 Å². The third-order valence-corrected chi connectivity index (χ3v) is 13.1. The normalized spacial score (nSPS) is 23.3. The molecule has 14 nitrogen and oxygen atoms in total. The fourth-order valence-electron chi connectivity index (χ4n) is 7.59. The van der Waals surface area contributed by atoms with Gasteiger partial charge in [-0.05, 0) is 85.6 Å². The quantitative estimate of drug-likeness (QED) is 0.101.